The Morgan fingerprint density at radius 2 is 1.01 bits per heavy atom. The molecule has 1 aliphatic carbocycles. The molecular weight excluding hydrogens is 1100 g/mol. The van der Waals surface area contributed by atoms with Crippen molar-refractivity contribution in [2.24, 2.45) is 5.92 Å². The minimum atomic E-state index is -0.00870. The minimum Gasteiger partial charge on any atom is -0.491 e. The van der Waals surface area contributed by atoms with E-state index in [0.29, 0.717) is 48.6 Å². The zero-order valence-corrected chi connectivity index (χ0v) is 59.6. The van der Waals surface area contributed by atoms with Gasteiger partial charge in [-0.25, -0.2) is 0 Å². The molecule has 7 N–H and O–H groups in total. The highest BCUT2D eigenvalue weighted by Gasteiger charge is 2.21. The lowest BCUT2D eigenvalue weighted by Gasteiger charge is -2.34. The number of ether oxygens (including phenoxy) is 2. The lowest BCUT2D eigenvalue weighted by molar-refractivity contribution is -0.126. The molecule has 0 aromatic heterocycles. The van der Waals surface area contributed by atoms with Crippen LogP contribution in [0.1, 0.15) is 187 Å². The van der Waals surface area contributed by atoms with Crippen molar-refractivity contribution >= 4 is 23.4 Å². The molecular formula is C72H134N10O6. The van der Waals surface area contributed by atoms with Crippen LogP contribution in [0, 0.1) is 5.92 Å². The smallest absolute Gasteiger partial charge is 0.251 e. The Morgan fingerprint density at radius 3 is 1.40 bits per heavy atom. The van der Waals surface area contributed by atoms with Crippen LogP contribution in [0.25, 0.3) is 0 Å². The normalized spacial score (nSPS) is 15.5. The number of hydrogen-bond donors (Lipinski definition) is 7. The summed E-state index contributed by atoms with van der Waals surface area (Å²) in [5.74, 6) is 1.67. The van der Waals surface area contributed by atoms with E-state index in [-0.39, 0.29) is 42.5 Å². The van der Waals surface area contributed by atoms with E-state index in [1.807, 2.05) is 129 Å². The Balaban J connectivity index is 0. The molecule has 0 radical (unpaired) electrons. The number of anilines is 1. The van der Waals surface area contributed by atoms with E-state index >= 15 is 0 Å². The molecule has 0 unspecified atom stereocenters. The maximum atomic E-state index is 11.5. The van der Waals surface area contributed by atoms with Gasteiger partial charge in [0.15, 0.2) is 0 Å². The summed E-state index contributed by atoms with van der Waals surface area (Å²) in [6, 6.07) is 33.2. The highest BCUT2D eigenvalue weighted by Crippen LogP contribution is 2.23. The van der Waals surface area contributed by atoms with Gasteiger partial charge in [-0.15, -0.1) is 0 Å². The minimum absolute atomic E-state index is 0.00870. The fourth-order valence-corrected chi connectivity index (χ4v) is 8.95. The van der Waals surface area contributed by atoms with Gasteiger partial charge in [0.25, 0.3) is 5.91 Å². The van der Waals surface area contributed by atoms with Gasteiger partial charge < -0.3 is 51.4 Å². The first-order valence-electron chi connectivity index (χ1n) is 33.7. The summed E-state index contributed by atoms with van der Waals surface area (Å²) in [6.45, 7) is 54.5. The third kappa shape index (κ3) is 52.2. The maximum Gasteiger partial charge on any atom is 0.251 e. The monoisotopic (exact) mass is 1240 g/mol. The van der Waals surface area contributed by atoms with Crippen molar-refractivity contribution in [3.8, 4) is 5.75 Å². The summed E-state index contributed by atoms with van der Waals surface area (Å²) >= 11 is 0. The van der Waals surface area contributed by atoms with Gasteiger partial charge in [-0.05, 0) is 173 Å². The molecule has 3 aliphatic heterocycles. The first-order valence-corrected chi connectivity index (χ1v) is 33.7. The molecule has 7 rings (SSSR count). The molecule has 0 bridgehead atoms. The van der Waals surface area contributed by atoms with Crippen LogP contribution in [0.2, 0.25) is 0 Å². The summed E-state index contributed by atoms with van der Waals surface area (Å²) in [4.78, 5) is 43.4. The van der Waals surface area contributed by atoms with Gasteiger partial charge in [-0.1, -0.05) is 94.6 Å². The number of amides is 3. The second kappa shape index (κ2) is 55.2. The summed E-state index contributed by atoms with van der Waals surface area (Å²) in [5, 5.41) is 26.5. The molecule has 4 fully saturated rings. The number of carbonyl (C=O) groups is 3. The largest absolute Gasteiger partial charge is 0.491 e. The molecule has 508 valence electrons. The maximum absolute atomic E-state index is 11.5. The number of morpholine rings is 1. The van der Waals surface area contributed by atoms with Gasteiger partial charge in [-0.2, -0.15) is 0 Å². The Bertz CT molecular complexity index is 1950. The van der Waals surface area contributed by atoms with Crippen LogP contribution in [0.15, 0.2) is 91.0 Å². The molecule has 1 saturated carbocycles. The SMILES string of the molecule is CC(C)N1CCN(C)CC1.CC(C)N1CCNCC1.CC(C)N1CCOCC1.CC(C)NC(=O)C1CCCCC1.CC(C)NC(=O)c1ccccc1.CC(C)NCCO.CC(C)Nc1ccccc1.CC(C)Oc1ccccc1.CCCC(=O)NC(C)C. The Kier molecular flexibility index (Phi) is 53.6. The molecule has 3 saturated heterocycles. The third-order valence-corrected chi connectivity index (χ3v) is 13.7. The van der Waals surface area contributed by atoms with Crippen LogP contribution in [0.4, 0.5) is 5.69 Å². The number of aliphatic hydroxyl groups excluding tert-OH is 1. The highest BCUT2D eigenvalue weighted by atomic mass is 16.5. The van der Waals surface area contributed by atoms with Gasteiger partial charge in [0.2, 0.25) is 11.8 Å². The fourth-order valence-electron chi connectivity index (χ4n) is 8.95. The first kappa shape index (κ1) is 85.4. The van der Waals surface area contributed by atoms with Crippen LogP contribution >= 0.6 is 0 Å². The van der Waals surface area contributed by atoms with Crippen molar-refractivity contribution in [2.75, 3.05) is 104 Å². The molecule has 3 heterocycles. The van der Waals surface area contributed by atoms with Crippen LogP contribution in [0.5, 0.6) is 5.75 Å². The number of para-hydroxylation sites is 2. The predicted octanol–water partition coefficient (Wildman–Crippen LogP) is 11.9. The van der Waals surface area contributed by atoms with Gasteiger partial charge >= 0.3 is 0 Å². The number of hydrogen-bond acceptors (Lipinski definition) is 13. The lowest BCUT2D eigenvalue weighted by atomic mass is 9.88. The van der Waals surface area contributed by atoms with Gasteiger partial charge in [-0.3, -0.25) is 29.1 Å². The third-order valence-electron chi connectivity index (χ3n) is 13.7. The molecule has 3 amide bonds. The van der Waals surface area contributed by atoms with Crippen molar-refractivity contribution in [1.82, 2.24) is 46.2 Å². The number of carbonyl (C=O) groups excluding carboxylic acids is 3. The molecule has 0 spiro atoms. The van der Waals surface area contributed by atoms with Crippen molar-refractivity contribution in [3.05, 3.63) is 96.6 Å². The number of nitrogens with zero attached hydrogens (tertiary/aromatic N) is 4. The average molecular weight is 1240 g/mol. The quantitative estimate of drug-likeness (QED) is 0.0681. The van der Waals surface area contributed by atoms with E-state index in [1.54, 1.807) is 12.1 Å². The summed E-state index contributed by atoms with van der Waals surface area (Å²) < 4.78 is 10.6. The molecule has 3 aromatic carbocycles. The van der Waals surface area contributed by atoms with E-state index in [2.05, 4.69) is 140 Å². The zero-order chi connectivity index (χ0) is 66.7. The molecule has 16 heteroatoms. The first-order chi connectivity index (χ1) is 41.7. The van der Waals surface area contributed by atoms with Crippen molar-refractivity contribution < 1.29 is 29.0 Å². The number of benzene rings is 3. The molecule has 16 nitrogen and oxygen atoms in total. The van der Waals surface area contributed by atoms with Gasteiger partial charge in [0.05, 0.1) is 25.9 Å². The van der Waals surface area contributed by atoms with Crippen molar-refractivity contribution in [3.63, 3.8) is 0 Å². The summed E-state index contributed by atoms with van der Waals surface area (Å²) in [6.07, 6.45) is 7.81. The predicted molar refractivity (Wildman–Crippen MR) is 376 cm³/mol. The average Bonchev–Trinajstić information content (AvgIpc) is 3.55. The second-order valence-electron chi connectivity index (χ2n) is 25.5. The summed E-state index contributed by atoms with van der Waals surface area (Å²) in [7, 11) is 2.19. The van der Waals surface area contributed by atoms with Crippen molar-refractivity contribution in [1.29, 1.82) is 0 Å². The van der Waals surface area contributed by atoms with E-state index in [0.717, 1.165) is 76.5 Å². The van der Waals surface area contributed by atoms with Crippen LogP contribution in [-0.4, -0.2) is 196 Å². The summed E-state index contributed by atoms with van der Waals surface area (Å²) in [5.41, 5.74) is 1.91. The van der Waals surface area contributed by atoms with Gasteiger partial charge in [0, 0.05) is 144 Å². The number of piperazine rings is 2. The number of nitrogens with one attached hydrogen (secondary N) is 6. The lowest BCUT2D eigenvalue weighted by Crippen LogP contribution is -2.47. The van der Waals surface area contributed by atoms with E-state index in [9.17, 15) is 14.4 Å². The van der Waals surface area contributed by atoms with Crippen molar-refractivity contribution in [2.45, 2.75) is 231 Å². The molecule has 4 aliphatic rings. The second-order valence-corrected chi connectivity index (χ2v) is 25.5. The Labute approximate surface area is 539 Å². The van der Waals surface area contributed by atoms with Crippen LogP contribution in [0.3, 0.4) is 0 Å². The Hall–Kier alpha value is -4.65. The number of aliphatic hydroxyl groups is 1. The van der Waals surface area contributed by atoms with E-state index < -0.39 is 0 Å². The standard InChI is InChI=1S/C10H19NO.C10H13NO.C9H13N.C9H12O.C8H18N2.C7H16N2.2C7H15NO.C5H13NO/c2*1-8(2)11-10(12)9-6-4-3-5-7-9;2*1-8(2)10-9-6-4-3-5-7-9;1-8(2)10-6-4-9(3)5-7-10;1-7(2)9-5-3-8-4-6-9;1-7(2)8-3-5-9-6-4-8;1-4-5-7(9)8-6(2)3;1-5(2)6-3-4-7/h8-9H,3-7H2,1-2H3,(H,11,12);3-8H,1-2H3,(H,11,12);3-8,10H,1-2H3;3-8H,1-2H3;8H,4-7H2,1-3H3;7-8H,3-6H2,1-2H3;7H,3-6H2,1-2H3;6H,4-5H2,1-3H3,(H,8,9);5-7H,3-4H2,1-2H3. The van der Waals surface area contributed by atoms with E-state index in [1.165, 1.54) is 64.2 Å². The fraction of sp³-hybridized carbons (Fsp3) is 0.708. The zero-order valence-electron chi connectivity index (χ0n) is 59.6. The Morgan fingerprint density at radius 1 is 0.557 bits per heavy atom. The van der Waals surface area contributed by atoms with Crippen LogP contribution < -0.4 is 36.6 Å². The number of rotatable bonds is 17. The van der Waals surface area contributed by atoms with Crippen LogP contribution in [-0.2, 0) is 14.3 Å². The number of likely N-dealkylation sites (N-methyl/N-ethyl adjacent to an activating group) is 1. The van der Waals surface area contributed by atoms with Gasteiger partial charge in [0.1, 0.15) is 5.75 Å². The molecule has 0 atom stereocenters. The van der Waals surface area contributed by atoms with E-state index in [4.69, 9.17) is 14.6 Å². The molecule has 88 heavy (non-hydrogen) atoms. The topological polar surface area (TPSA) is 175 Å². The molecule has 3 aromatic rings. The highest BCUT2D eigenvalue weighted by molar-refractivity contribution is 5.94.